The van der Waals surface area contributed by atoms with Crippen LogP contribution in [0.3, 0.4) is 0 Å². The lowest BCUT2D eigenvalue weighted by molar-refractivity contribution is -0.152. The van der Waals surface area contributed by atoms with Gasteiger partial charge >= 0.3 is 12.1 Å². The minimum Gasteiger partial charge on any atom is -0.455 e. The molecule has 1 saturated heterocycles. The average Bonchev–Trinajstić information content (AvgIpc) is 2.62. The molecule has 1 fully saturated rings. The van der Waals surface area contributed by atoms with Crippen LogP contribution in [0.25, 0.3) is 0 Å². The van der Waals surface area contributed by atoms with Gasteiger partial charge in [0.2, 0.25) is 5.91 Å². The van der Waals surface area contributed by atoms with Crippen molar-refractivity contribution in [3.63, 3.8) is 0 Å². The Morgan fingerprint density at radius 3 is 2.39 bits per heavy atom. The third-order valence-electron chi connectivity index (χ3n) is 4.52. The summed E-state index contributed by atoms with van der Waals surface area (Å²) in [5.41, 5.74) is -0.153. The first kappa shape index (κ1) is 21.7. The topological polar surface area (TPSA) is 84.9 Å². The predicted octanol–water partition coefficient (Wildman–Crippen LogP) is 3.14. The van der Waals surface area contributed by atoms with Gasteiger partial charge in [0.25, 0.3) is 0 Å². The first-order valence-corrected chi connectivity index (χ1v) is 9.68. The maximum Gasteiger partial charge on any atom is 0.408 e. The van der Waals surface area contributed by atoms with Crippen molar-refractivity contribution in [2.24, 2.45) is 0 Å². The van der Waals surface area contributed by atoms with Crippen LogP contribution in [0.5, 0.6) is 0 Å². The maximum atomic E-state index is 12.8. The van der Waals surface area contributed by atoms with Crippen molar-refractivity contribution in [3.05, 3.63) is 35.9 Å². The van der Waals surface area contributed by atoms with Gasteiger partial charge in [0.1, 0.15) is 17.7 Å². The summed E-state index contributed by atoms with van der Waals surface area (Å²) in [6, 6.07) is 7.85. The summed E-state index contributed by atoms with van der Waals surface area (Å²) in [5.74, 6) is -0.589. The molecule has 28 heavy (non-hydrogen) atoms. The fraction of sp³-hybridized carbons (Fsp3) is 0.571. The smallest absolute Gasteiger partial charge is 0.408 e. The second-order valence-electron chi connectivity index (χ2n) is 8.03. The van der Waals surface area contributed by atoms with Gasteiger partial charge in [0.15, 0.2) is 0 Å². The summed E-state index contributed by atoms with van der Waals surface area (Å²) in [5, 5.41) is 2.67. The van der Waals surface area contributed by atoms with E-state index in [9.17, 15) is 14.4 Å². The van der Waals surface area contributed by atoms with E-state index in [0.29, 0.717) is 18.5 Å². The number of nitrogens with zero attached hydrogens (tertiary/aromatic N) is 1. The molecule has 3 unspecified atom stereocenters. The van der Waals surface area contributed by atoms with Crippen LogP contribution in [0.1, 0.15) is 57.8 Å². The number of carbonyl (C=O) groups is 3. The van der Waals surface area contributed by atoms with Crippen LogP contribution in [-0.2, 0) is 14.3 Å². The van der Waals surface area contributed by atoms with Crippen LogP contribution >= 0.6 is 0 Å². The van der Waals surface area contributed by atoms with Gasteiger partial charge in [-0.2, -0.15) is 0 Å². The van der Waals surface area contributed by atoms with E-state index in [-0.39, 0.29) is 18.1 Å². The number of hydrogen-bond donors (Lipinski definition) is 1. The summed E-state index contributed by atoms with van der Waals surface area (Å²) in [7, 11) is 0. The van der Waals surface area contributed by atoms with Gasteiger partial charge in [-0.05, 0) is 46.2 Å². The molecule has 1 aromatic rings. The Bertz CT molecular complexity index is 698. The normalized spacial score (nSPS) is 20.0. The Kier molecular flexibility index (Phi) is 7.05. The molecule has 1 N–H and O–H groups in total. The molecule has 1 heterocycles. The molecule has 0 aromatic heterocycles. The summed E-state index contributed by atoms with van der Waals surface area (Å²) in [4.78, 5) is 38.7. The van der Waals surface area contributed by atoms with E-state index >= 15 is 0 Å². The molecule has 154 valence electrons. The number of rotatable bonds is 6. The molecule has 3 atom stereocenters. The molecule has 0 bridgehead atoms. The van der Waals surface area contributed by atoms with Gasteiger partial charge < -0.3 is 19.7 Å². The molecule has 0 saturated carbocycles. The lowest BCUT2D eigenvalue weighted by Gasteiger charge is -2.46. The van der Waals surface area contributed by atoms with Crippen LogP contribution in [0.4, 0.5) is 4.79 Å². The number of alkyl carbamates (subject to hydrolysis) is 1. The van der Waals surface area contributed by atoms with E-state index in [1.165, 1.54) is 0 Å². The third kappa shape index (κ3) is 5.71. The summed E-state index contributed by atoms with van der Waals surface area (Å²) < 4.78 is 10.8. The zero-order valence-corrected chi connectivity index (χ0v) is 17.2. The van der Waals surface area contributed by atoms with Crippen molar-refractivity contribution in [3.8, 4) is 0 Å². The molecule has 1 aliphatic rings. The Labute approximate surface area is 166 Å². The molecule has 0 radical (unpaired) electrons. The molecule has 7 nitrogen and oxygen atoms in total. The Balaban J connectivity index is 1.92. The van der Waals surface area contributed by atoms with Crippen molar-refractivity contribution >= 4 is 18.0 Å². The highest BCUT2D eigenvalue weighted by molar-refractivity contribution is 5.90. The molecule has 1 aromatic carbocycles. The third-order valence-corrected chi connectivity index (χ3v) is 4.52. The second-order valence-corrected chi connectivity index (χ2v) is 8.03. The minimum atomic E-state index is -0.659. The fourth-order valence-corrected chi connectivity index (χ4v) is 2.98. The van der Waals surface area contributed by atoms with Crippen LogP contribution < -0.4 is 5.32 Å². The van der Waals surface area contributed by atoms with Crippen molar-refractivity contribution in [2.45, 2.75) is 71.2 Å². The number of ether oxygens (including phenoxy) is 2. The van der Waals surface area contributed by atoms with Crippen LogP contribution in [-0.4, -0.2) is 53.2 Å². The Morgan fingerprint density at radius 1 is 1.21 bits per heavy atom. The minimum absolute atomic E-state index is 0.188. The molecular formula is C21H30N2O5. The fourth-order valence-electron chi connectivity index (χ4n) is 2.98. The van der Waals surface area contributed by atoms with Crippen LogP contribution in [0, 0.1) is 0 Å². The van der Waals surface area contributed by atoms with E-state index in [4.69, 9.17) is 9.47 Å². The zero-order valence-electron chi connectivity index (χ0n) is 17.2. The molecule has 0 spiro atoms. The van der Waals surface area contributed by atoms with Gasteiger partial charge in [-0.25, -0.2) is 9.59 Å². The lowest BCUT2D eigenvalue weighted by Crippen LogP contribution is -2.65. The highest BCUT2D eigenvalue weighted by Crippen LogP contribution is 2.24. The average molecular weight is 390 g/mol. The van der Waals surface area contributed by atoms with Crippen LogP contribution in [0.2, 0.25) is 0 Å². The molecule has 0 aliphatic carbocycles. The van der Waals surface area contributed by atoms with Gasteiger partial charge in [-0.15, -0.1) is 0 Å². The molecule has 7 heteroatoms. The van der Waals surface area contributed by atoms with E-state index < -0.39 is 23.7 Å². The highest BCUT2D eigenvalue weighted by Gasteiger charge is 2.43. The largest absolute Gasteiger partial charge is 0.455 e. The van der Waals surface area contributed by atoms with E-state index in [1.807, 2.05) is 19.9 Å². The van der Waals surface area contributed by atoms with Crippen molar-refractivity contribution in [1.82, 2.24) is 10.2 Å². The highest BCUT2D eigenvalue weighted by atomic mass is 16.6. The van der Waals surface area contributed by atoms with Crippen molar-refractivity contribution < 1.29 is 23.9 Å². The predicted molar refractivity (Wildman–Crippen MR) is 105 cm³/mol. The number of amides is 2. The standard InChI is InChI=1S/C21H30N2O5/c1-6-10-16(22-20(26)28-21(3,4)5)18(24)23-13-17(14(23)2)27-19(25)15-11-8-7-9-12-15/h7-9,11-12,14,16-17H,6,10,13H2,1-5H3,(H,22,26). The molecular weight excluding hydrogens is 360 g/mol. The quantitative estimate of drug-likeness (QED) is 0.755. The number of esters is 1. The first-order valence-electron chi connectivity index (χ1n) is 9.68. The zero-order chi connectivity index (χ0) is 20.9. The number of likely N-dealkylation sites (tertiary alicyclic amines) is 1. The SMILES string of the molecule is CCCC(NC(=O)OC(C)(C)C)C(=O)N1CC(OC(=O)c2ccccc2)C1C. The number of carbonyl (C=O) groups excluding carboxylic acids is 3. The van der Waals surface area contributed by atoms with E-state index in [0.717, 1.165) is 6.42 Å². The number of benzene rings is 1. The van der Waals surface area contributed by atoms with Crippen molar-refractivity contribution in [2.75, 3.05) is 6.54 Å². The molecule has 1 aliphatic heterocycles. The van der Waals surface area contributed by atoms with E-state index in [2.05, 4.69) is 5.32 Å². The Hall–Kier alpha value is -2.57. The Morgan fingerprint density at radius 2 is 1.86 bits per heavy atom. The first-order chi connectivity index (χ1) is 13.1. The summed E-state index contributed by atoms with van der Waals surface area (Å²) >= 11 is 0. The van der Waals surface area contributed by atoms with Gasteiger partial charge in [-0.1, -0.05) is 31.5 Å². The van der Waals surface area contributed by atoms with Gasteiger partial charge in [-0.3, -0.25) is 4.79 Å². The number of nitrogens with one attached hydrogen (secondary N) is 1. The van der Waals surface area contributed by atoms with Gasteiger partial charge in [0, 0.05) is 0 Å². The van der Waals surface area contributed by atoms with E-state index in [1.54, 1.807) is 49.9 Å². The van der Waals surface area contributed by atoms with Crippen molar-refractivity contribution in [1.29, 1.82) is 0 Å². The van der Waals surface area contributed by atoms with Gasteiger partial charge in [0.05, 0.1) is 18.2 Å². The summed E-state index contributed by atoms with van der Waals surface area (Å²) in [6.07, 6.45) is 0.274. The van der Waals surface area contributed by atoms with Crippen LogP contribution in [0.15, 0.2) is 30.3 Å². The number of hydrogen-bond acceptors (Lipinski definition) is 5. The molecule has 2 rings (SSSR count). The molecule has 2 amide bonds. The second kappa shape index (κ2) is 9.08. The maximum absolute atomic E-state index is 12.8. The monoisotopic (exact) mass is 390 g/mol. The lowest BCUT2D eigenvalue weighted by atomic mass is 9.98. The summed E-state index contributed by atoms with van der Waals surface area (Å²) in [6.45, 7) is 9.40.